The number of hydrogen-bond acceptors (Lipinski definition) is 4. The van der Waals surface area contributed by atoms with Crippen LogP contribution < -0.4 is 5.32 Å². The van der Waals surface area contributed by atoms with E-state index >= 15 is 0 Å². The number of nitrogens with zero attached hydrogens (tertiary/aromatic N) is 1. The summed E-state index contributed by atoms with van der Waals surface area (Å²) in [6, 6.07) is 6.24. The summed E-state index contributed by atoms with van der Waals surface area (Å²) in [6.45, 7) is 2.12. The first kappa shape index (κ1) is 13.4. The molecule has 2 heterocycles. The number of benzene rings is 1. The van der Waals surface area contributed by atoms with Crippen molar-refractivity contribution in [3.8, 4) is 0 Å². The molecule has 3 rings (SSSR count). The van der Waals surface area contributed by atoms with Gasteiger partial charge in [-0.2, -0.15) is 0 Å². The third-order valence-electron chi connectivity index (χ3n) is 2.83. The molecule has 0 fully saturated rings. The molecule has 0 saturated carbocycles. The molecule has 0 saturated heterocycles. The molecular weight excluding hydrogens is 364 g/mol. The average molecular weight is 374 g/mol. The van der Waals surface area contributed by atoms with E-state index in [2.05, 4.69) is 44.6 Å². The van der Waals surface area contributed by atoms with Crippen molar-refractivity contribution < 1.29 is 0 Å². The van der Waals surface area contributed by atoms with Crippen molar-refractivity contribution in [1.29, 1.82) is 0 Å². The molecular formula is C13H10BrClN2S2. The van der Waals surface area contributed by atoms with Gasteiger partial charge in [-0.25, -0.2) is 4.98 Å². The standard InChI is InChI=1S/C13H10BrClN2S2/c1-7(11-4-8(14)5-18-11)17-12-9(15)2-3-10-13(12)16-6-19-10/h2-7,17H,1H3. The molecule has 3 aromatic rings. The van der Waals surface area contributed by atoms with E-state index in [4.69, 9.17) is 11.6 Å². The first-order valence-electron chi connectivity index (χ1n) is 5.67. The van der Waals surface area contributed by atoms with Gasteiger partial charge < -0.3 is 5.32 Å². The van der Waals surface area contributed by atoms with Crippen LogP contribution in [0.4, 0.5) is 5.69 Å². The zero-order valence-electron chi connectivity index (χ0n) is 9.98. The minimum atomic E-state index is 0.195. The first-order chi connectivity index (χ1) is 9.15. The Hall–Kier alpha value is -0.620. The lowest BCUT2D eigenvalue weighted by molar-refractivity contribution is 0.909. The van der Waals surface area contributed by atoms with Crippen molar-refractivity contribution in [2.45, 2.75) is 13.0 Å². The van der Waals surface area contributed by atoms with Crippen molar-refractivity contribution in [2.24, 2.45) is 0 Å². The molecule has 0 aliphatic carbocycles. The summed E-state index contributed by atoms with van der Waals surface area (Å²) in [5.74, 6) is 0. The summed E-state index contributed by atoms with van der Waals surface area (Å²) in [5, 5.41) is 6.26. The summed E-state index contributed by atoms with van der Waals surface area (Å²) < 4.78 is 2.26. The lowest BCUT2D eigenvalue weighted by Gasteiger charge is -2.15. The van der Waals surface area contributed by atoms with Crippen LogP contribution in [-0.2, 0) is 0 Å². The van der Waals surface area contributed by atoms with Crippen molar-refractivity contribution in [3.63, 3.8) is 0 Å². The largest absolute Gasteiger partial charge is 0.375 e. The fraction of sp³-hybridized carbons (Fsp3) is 0.154. The average Bonchev–Trinajstić information content (AvgIpc) is 3.01. The fourth-order valence-corrected chi connectivity index (χ4v) is 4.23. The number of nitrogens with one attached hydrogen (secondary N) is 1. The van der Waals surface area contributed by atoms with Crippen LogP contribution >= 0.6 is 50.2 Å². The molecule has 1 aromatic carbocycles. The van der Waals surface area contributed by atoms with E-state index in [-0.39, 0.29) is 6.04 Å². The number of fused-ring (bicyclic) bond motifs is 1. The number of halogens is 2. The Morgan fingerprint density at radius 3 is 2.95 bits per heavy atom. The molecule has 0 bridgehead atoms. The van der Waals surface area contributed by atoms with Crippen LogP contribution in [0.1, 0.15) is 17.8 Å². The highest BCUT2D eigenvalue weighted by Gasteiger charge is 2.13. The van der Waals surface area contributed by atoms with Gasteiger partial charge in [-0.15, -0.1) is 22.7 Å². The zero-order valence-corrected chi connectivity index (χ0v) is 14.0. The van der Waals surface area contributed by atoms with E-state index in [9.17, 15) is 0 Å². The highest BCUT2D eigenvalue weighted by atomic mass is 79.9. The monoisotopic (exact) mass is 372 g/mol. The van der Waals surface area contributed by atoms with E-state index in [1.54, 1.807) is 22.7 Å². The molecule has 19 heavy (non-hydrogen) atoms. The Morgan fingerprint density at radius 1 is 1.37 bits per heavy atom. The lowest BCUT2D eigenvalue weighted by atomic mass is 10.2. The molecule has 0 amide bonds. The highest BCUT2D eigenvalue weighted by molar-refractivity contribution is 9.10. The van der Waals surface area contributed by atoms with Gasteiger partial charge in [0, 0.05) is 14.7 Å². The molecule has 2 aromatic heterocycles. The first-order valence-corrected chi connectivity index (χ1v) is 8.60. The van der Waals surface area contributed by atoms with E-state index < -0.39 is 0 Å². The minimum Gasteiger partial charge on any atom is -0.375 e. The summed E-state index contributed by atoms with van der Waals surface area (Å²) in [6.07, 6.45) is 0. The second-order valence-corrected chi connectivity index (χ2v) is 7.31. The third-order valence-corrected chi connectivity index (χ3v) is 5.81. The second kappa shape index (κ2) is 5.40. The topological polar surface area (TPSA) is 24.9 Å². The maximum atomic E-state index is 6.29. The van der Waals surface area contributed by atoms with Crippen molar-refractivity contribution in [2.75, 3.05) is 5.32 Å². The van der Waals surface area contributed by atoms with Gasteiger partial charge in [-0.05, 0) is 41.1 Å². The number of thiophene rings is 1. The Bertz CT molecular complexity index is 722. The fourth-order valence-electron chi connectivity index (χ4n) is 1.89. The number of rotatable bonds is 3. The maximum Gasteiger partial charge on any atom is 0.106 e. The van der Waals surface area contributed by atoms with Gasteiger partial charge in [-0.1, -0.05) is 11.6 Å². The summed E-state index contributed by atoms with van der Waals surface area (Å²) in [5.41, 5.74) is 3.70. The van der Waals surface area contributed by atoms with Crippen LogP contribution in [0.25, 0.3) is 10.2 Å². The summed E-state index contributed by atoms with van der Waals surface area (Å²) in [4.78, 5) is 5.66. The van der Waals surface area contributed by atoms with Crippen LogP contribution in [-0.4, -0.2) is 4.98 Å². The van der Waals surface area contributed by atoms with Crippen LogP contribution in [0, 0.1) is 0 Å². The molecule has 0 aliphatic rings. The minimum absolute atomic E-state index is 0.195. The molecule has 1 unspecified atom stereocenters. The van der Waals surface area contributed by atoms with Gasteiger partial charge in [0.15, 0.2) is 0 Å². The third kappa shape index (κ3) is 2.65. The lowest BCUT2D eigenvalue weighted by Crippen LogP contribution is -2.05. The van der Waals surface area contributed by atoms with E-state index in [0.29, 0.717) is 5.02 Å². The van der Waals surface area contributed by atoms with Gasteiger partial charge in [0.2, 0.25) is 0 Å². The Kier molecular flexibility index (Phi) is 3.80. The molecule has 6 heteroatoms. The van der Waals surface area contributed by atoms with Gasteiger partial charge >= 0.3 is 0 Å². The molecule has 0 radical (unpaired) electrons. The Labute approximate surface area is 132 Å². The second-order valence-electron chi connectivity index (χ2n) is 4.15. The van der Waals surface area contributed by atoms with Gasteiger partial charge in [-0.3, -0.25) is 0 Å². The molecule has 2 nitrogen and oxygen atoms in total. The summed E-state index contributed by atoms with van der Waals surface area (Å²) >= 11 is 13.1. The molecule has 0 aliphatic heterocycles. The van der Waals surface area contributed by atoms with Crippen LogP contribution in [0.5, 0.6) is 0 Å². The van der Waals surface area contributed by atoms with E-state index in [0.717, 1.165) is 20.4 Å². The SMILES string of the molecule is CC(Nc1c(Cl)ccc2scnc12)c1cc(Br)cs1. The molecule has 98 valence electrons. The predicted octanol–water partition coefficient (Wildman–Crippen LogP) is 5.95. The maximum absolute atomic E-state index is 6.29. The van der Waals surface area contributed by atoms with Gasteiger partial charge in [0.25, 0.3) is 0 Å². The zero-order chi connectivity index (χ0) is 13.4. The van der Waals surface area contributed by atoms with Crippen molar-refractivity contribution in [3.05, 3.63) is 43.5 Å². The molecule has 1 N–H and O–H groups in total. The predicted molar refractivity (Wildman–Crippen MR) is 88.7 cm³/mol. The van der Waals surface area contributed by atoms with Gasteiger partial charge in [0.1, 0.15) is 5.52 Å². The van der Waals surface area contributed by atoms with Crippen molar-refractivity contribution in [1.82, 2.24) is 4.98 Å². The smallest absolute Gasteiger partial charge is 0.106 e. The van der Waals surface area contributed by atoms with Gasteiger partial charge in [0.05, 0.1) is 27.0 Å². The van der Waals surface area contributed by atoms with Crippen LogP contribution in [0.3, 0.4) is 0 Å². The molecule has 0 spiro atoms. The van der Waals surface area contributed by atoms with E-state index in [1.165, 1.54) is 4.88 Å². The van der Waals surface area contributed by atoms with Crippen LogP contribution in [0.2, 0.25) is 5.02 Å². The normalized spacial score (nSPS) is 12.8. The van der Waals surface area contributed by atoms with E-state index in [1.807, 2.05) is 17.6 Å². The van der Waals surface area contributed by atoms with Crippen LogP contribution in [0.15, 0.2) is 33.6 Å². The number of thiazole rings is 1. The Balaban J connectivity index is 1.96. The number of hydrogen-bond donors (Lipinski definition) is 1. The quantitative estimate of drug-likeness (QED) is 0.614. The Morgan fingerprint density at radius 2 is 2.21 bits per heavy atom. The molecule has 1 atom stereocenters. The summed E-state index contributed by atoms with van der Waals surface area (Å²) in [7, 11) is 0. The number of anilines is 1. The number of aromatic nitrogens is 1. The highest BCUT2D eigenvalue weighted by Crippen LogP contribution is 2.36. The van der Waals surface area contributed by atoms with Crippen molar-refractivity contribution >= 4 is 66.1 Å².